The van der Waals surface area contributed by atoms with Gasteiger partial charge in [0.2, 0.25) is 0 Å². The van der Waals surface area contributed by atoms with Gasteiger partial charge in [-0.15, -0.1) is 0 Å². The van der Waals surface area contributed by atoms with Gasteiger partial charge in [-0.1, -0.05) is 0 Å². The first-order chi connectivity index (χ1) is 12.9. The van der Waals surface area contributed by atoms with Crippen molar-refractivity contribution in [3.8, 4) is 11.5 Å². The fourth-order valence-electron chi connectivity index (χ4n) is 4.78. The molecule has 1 spiro atoms. The van der Waals surface area contributed by atoms with Crippen LogP contribution in [0.15, 0.2) is 12.1 Å². The molecular weight excluding hydrogens is 344 g/mol. The molecule has 1 N–H and O–H groups in total. The highest BCUT2D eigenvalue weighted by Crippen LogP contribution is 2.49. The van der Waals surface area contributed by atoms with Crippen LogP contribution in [0.25, 0.3) is 0 Å². The first-order valence-corrected chi connectivity index (χ1v) is 9.79. The number of hydrogen-bond donors (Lipinski definition) is 1. The van der Waals surface area contributed by atoms with E-state index in [1.54, 1.807) is 14.2 Å². The number of hydrogen-bond acceptors (Lipinski definition) is 5. The molecule has 6 heteroatoms. The molecule has 1 aliphatic heterocycles. The maximum Gasteiger partial charge on any atom is 0.306 e. The first-order valence-electron chi connectivity index (χ1n) is 9.79. The highest BCUT2D eigenvalue weighted by Gasteiger charge is 2.46. The third kappa shape index (κ3) is 3.78. The fraction of sp³-hybridized carbons (Fsp3) is 0.667. The van der Waals surface area contributed by atoms with Gasteiger partial charge in [-0.05, 0) is 69.5 Å². The van der Waals surface area contributed by atoms with E-state index >= 15 is 0 Å². The molecule has 3 rings (SSSR count). The van der Waals surface area contributed by atoms with Crippen LogP contribution in [0.2, 0.25) is 0 Å². The van der Waals surface area contributed by atoms with Gasteiger partial charge in [0, 0.05) is 25.2 Å². The number of benzene rings is 1. The topological polar surface area (TPSA) is 62.2 Å². The third-order valence-corrected chi connectivity index (χ3v) is 6.35. The summed E-state index contributed by atoms with van der Waals surface area (Å²) in [5.41, 5.74) is 2.51. The van der Waals surface area contributed by atoms with Gasteiger partial charge < -0.3 is 19.5 Å². The average molecular weight is 376 g/mol. The minimum absolute atomic E-state index is 0.102. The molecule has 1 fully saturated rings. The van der Waals surface area contributed by atoms with E-state index in [1.807, 2.05) is 0 Å². The number of carbonyl (C=O) groups is 1. The third-order valence-electron chi connectivity index (χ3n) is 6.35. The molecule has 0 saturated heterocycles. The van der Waals surface area contributed by atoms with Gasteiger partial charge in [0.1, 0.15) is 0 Å². The van der Waals surface area contributed by atoms with Crippen LogP contribution >= 0.6 is 0 Å². The number of methoxy groups -OCH3 is 2. The van der Waals surface area contributed by atoms with Crippen LogP contribution in [0.4, 0.5) is 0 Å². The summed E-state index contributed by atoms with van der Waals surface area (Å²) in [7, 11) is 7.54. The van der Waals surface area contributed by atoms with Crippen molar-refractivity contribution in [2.75, 3.05) is 47.9 Å². The Bertz CT molecular complexity index is 681. The lowest BCUT2D eigenvalue weighted by Crippen LogP contribution is -2.54. The molecule has 1 aliphatic carbocycles. The zero-order valence-electron chi connectivity index (χ0n) is 17.0. The van der Waals surface area contributed by atoms with E-state index in [0.717, 1.165) is 63.2 Å². The van der Waals surface area contributed by atoms with Gasteiger partial charge in [0.15, 0.2) is 11.5 Å². The second-order valence-electron chi connectivity index (χ2n) is 8.05. The summed E-state index contributed by atoms with van der Waals surface area (Å²) in [5, 5.41) is 9.46. The second-order valence-corrected chi connectivity index (χ2v) is 8.05. The minimum atomic E-state index is -0.659. The summed E-state index contributed by atoms with van der Waals surface area (Å²) in [6.07, 6.45) is 4.18. The van der Waals surface area contributed by atoms with E-state index in [1.165, 1.54) is 11.1 Å². The average Bonchev–Trinajstić information content (AvgIpc) is 2.66. The number of ether oxygens (including phenoxy) is 2. The molecule has 1 aromatic carbocycles. The Morgan fingerprint density at radius 2 is 1.85 bits per heavy atom. The summed E-state index contributed by atoms with van der Waals surface area (Å²) in [6, 6.07) is 4.25. The van der Waals surface area contributed by atoms with Crippen molar-refractivity contribution in [2.24, 2.45) is 5.92 Å². The normalized spacial score (nSPS) is 25.4. The minimum Gasteiger partial charge on any atom is -0.493 e. The van der Waals surface area contributed by atoms with Crippen LogP contribution in [0.3, 0.4) is 0 Å². The number of nitrogens with zero attached hydrogens (tertiary/aromatic N) is 2. The number of aliphatic carboxylic acids is 1. The van der Waals surface area contributed by atoms with E-state index in [-0.39, 0.29) is 11.5 Å². The molecule has 0 unspecified atom stereocenters. The summed E-state index contributed by atoms with van der Waals surface area (Å²) in [6.45, 7) is 2.97. The number of carboxylic acid groups (broad SMARTS) is 1. The maximum absolute atomic E-state index is 11.5. The Morgan fingerprint density at radius 1 is 1.22 bits per heavy atom. The standard InChI is InChI=1S/C21H32N2O4/c1-22(2)11-12-23-10-7-16-13-18(26-3)19(27-4)14-17(16)21(23)8-5-15(6-9-21)20(24)25/h13-15H,5-12H2,1-4H3,(H,24,25)/t15-,21+. The lowest BCUT2D eigenvalue weighted by molar-refractivity contribution is -0.144. The van der Waals surface area contributed by atoms with Gasteiger partial charge in [0.25, 0.3) is 0 Å². The van der Waals surface area contributed by atoms with Crippen LogP contribution in [-0.4, -0.2) is 68.8 Å². The van der Waals surface area contributed by atoms with E-state index in [9.17, 15) is 9.90 Å². The molecule has 27 heavy (non-hydrogen) atoms. The lowest BCUT2D eigenvalue weighted by atomic mass is 9.68. The molecular formula is C21H32N2O4. The molecule has 0 amide bonds. The maximum atomic E-state index is 11.5. The SMILES string of the molecule is COc1cc2c(cc1OC)[C@]1(CC[C@H](C(=O)O)CC1)N(CCN(C)C)CC2. The van der Waals surface area contributed by atoms with Crippen LogP contribution < -0.4 is 9.47 Å². The summed E-state index contributed by atoms with van der Waals surface area (Å²) < 4.78 is 11.1. The van der Waals surface area contributed by atoms with E-state index < -0.39 is 5.97 Å². The summed E-state index contributed by atoms with van der Waals surface area (Å²) in [5.74, 6) is 0.641. The van der Waals surface area contributed by atoms with Gasteiger partial charge in [-0.2, -0.15) is 0 Å². The van der Waals surface area contributed by atoms with Crippen molar-refractivity contribution in [2.45, 2.75) is 37.6 Å². The van der Waals surface area contributed by atoms with Crippen molar-refractivity contribution in [3.05, 3.63) is 23.3 Å². The van der Waals surface area contributed by atoms with Crippen LogP contribution in [-0.2, 0) is 16.8 Å². The Labute approximate surface area is 162 Å². The second kappa shape index (κ2) is 8.07. The zero-order chi connectivity index (χ0) is 19.6. The van der Waals surface area contributed by atoms with Gasteiger partial charge in [-0.3, -0.25) is 9.69 Å². The predicted octanol–water partition coefficient (Wildman–Crippen LogP) is 2.59. The largest absolute Gasteiger partial charge is 0.493 e. The molecule has 0 aromatic heterocycles. The number of likely N-dealkylation sites (N-methyl/N-ethyl adjacent to an activating group) is 1. The highest BCUT2D eigenvalue weighted by molar-refractivity contribution is 5.70. The molecule has 1 aromatic rings. The van der Waals surface area contributed by atoms with E-state index in [4.69, 9.17) is 9.47 Å². The van der Waals surface area contributed by atoms with Gasteiger partial charge >= 0.3 is 5.97 Å². The van der Waals surface area contributed by atoms with E-state index in [0.29, 0.717) is 0 Å². The molecule has 150 valence electrons. The predicted molar refractivity (Wildman–Crippen MR) is 105 cm³/mol. The Balaban J connectivity index is 2.00. The molecule has 0 radical (unpaired) electrons. The quantitative estimate of drug-likeness (QED) is 0.823. The number of fused-ring (bicyclic) bond motifs is 2. The van der Waals surface area contributed by atoms with Crippen molar-refractivity contribution >= 4 is 5.97 Å². The van der Waals surface area contributed by atoms with Gasteiger partial charge in [-0.25, -0.2) is 0 Å². The van der Waals surface area contributed by atoms with Crippen molar-refractivity contribution in [1.29, 1.82) is 0 Å². The van der Waals surface area contributed by atoms with Crippen molar-refractivity contribution in [3.63, 3.8) is 0 Å². The highest BCUT2D eigenvalue weighted by atomic mass is 16.5. The Kier molecular flexibility index (Phi) is 5.96. The lowest BCUT2D eigenvalue weighted by Gasteiger charge is -2.52. The van der Waals surface area contributed by atoms with Crippen LogP contribution in [0, 0.1) is 5.92 Å². The van der Waals surface area contributed by atoms with Crippen molar-refractivity contribution < 1.29 is 19.4 Å². The molecule has 1 heterocycles. The first kappa shape index (κ1) is 20.0. The van der Waals surface area contributed by atoms with Crippen LogP contribution in [0.1, 0.15) is 36.8 Å². The smallest absolute Gasteiger partial charge is 0.306 e. The fourth-order valence-corrected chi connectivity index (χ4v) is 4.78. The Hall–Kier alpha value is -1.79. The molecule has 1 saturated carbocycles. The molecule has 0 bridgehead atoms. The number of rotatable bonds is 6. The monoisotopic (exact) mass is 376 g/mol. The zero-order valence-corrected chi connectivity index (χ0v) is 17.0. The summed E-state index contributed by atoms with van der Waals surface area (Å²) in [4.78, 5) is 16.3. The molecule has 2 aliphatic rings. The number of carboxylic acids is 1. The Morgan fingerprint density at radius 3 is 2.41 bits per heavy atom. The van der Waals surface area contributed by atoms with Crippen LogP contribution in [0.5, 0.6) is 11.5 Å². The van der Waals surface area contributed by atoms with Gasteiger partial charge in [0.05, 0.1) is 20.1 Å². The molecule has 6 nitrogen and oxygen atoms in total. The molecule has 0 atom stereocenters. The summed E-state index contributed by atoms with van der Waals surface area (Å²) >= 11 is 0. The van der Waals surface area contributed by atoms with Crippen molar-refractivity contribution in [1.82, 2.24) is 9.80 Å². The van der Waals surface area contributed by atoms with E-state index in [2.05, 4.69) is 36.0 Å².